The fourth-order valence-corrected chi connectivity index (χ4v) is 5.24. The number of fused-ring (bicyclic) bond motifs is 1. The molecule has 8 nitrogen and oxygen atoms in total. The lowest BCUT2D eigenvalue weighted by molar-refractivity contribution is -0.134. The molecule has 0 aromatic heterocycles. The summed E-state index contributed by atoms with van der Waals surface area (Å²) in [6.45, 7) is 4.05. The molecule has 0 fully saturated rings. The van der Waals surface area contributed by atoms with Gasteiger partial charge in [-0.2, -0.15) is 4.31 Å². The lowest BCUT2D eigenvalue weighted by Gasteiger charge is -2.33. The van der Waals surface area contributed by atoms with Gasteiger partial charge in [0.2, 0.25) is 15.9 Å². The minimum Gasteiger partial charge on any atom is -0.488 e. The molecule has 34 heavy (non-hydrogen) atoms. The largest absolute Gasteiger partial charge is 0.488 e. The van der Waals surface area contributed by atoms with Gasteiger partial charge in [0, 0.05) is 44.9 Å². The Morgan fingerprint density at radius 1 is 1.15 bits per heavy atom. The van der Waals surface area contributed by atoms with Gasteiger partial charge in [-0.25, -0.2) is 8.42 Å². The first-order valence-electron chi connectivity index (χ1n) is 11.4. The van der Waals surface area contributed by atoms with Crippen LogP contribution in [0.3, 0.4) is 0 Å². The van der Waals surface area contributed by atoms with Crippen molar-refractivity contribution in [3.8, 4) is 5.75 Å². The number of carbonyl (C=O) groups is 1. The van der Waals surface area contributed by atoms with Gasteiger partial charge in [0.1, 0.15) is 11.9 Å². The van der Waals surface area contributed by atoms with E-state index in [0.717, 1.165) is 11.3 Å². The smallest absolute Gasteiger partial charge is 0.242 e. The van der Waals surface area contributed by atoms with Crippen LogP contribution in [0.4, 0.5) is 5.69 Å². The number of hydrogen-bond acceptors (Lipinski definition) is 6. The minimum atomic E-state index is -3.71. The van der Waals surface area contributed by atoms with Crippen LogP contribution in [0, 0.1) is 5.92 Å². The molecule has 1 amide bonds. The van der Waals surface area contributed by atoms with Gasteiger partial charge in [-0.05, 0) is 37.3 Å². The minimum absolute atomic E-state index is 0.0972. The van der Waals surface area contributed by atoms with Crippen molar-refractivity contribution in [1.82, 2.24) is 9.21 Å². The highest BCUT2D eigenvalue weighted by Crippen LogP contribution is 2.30. The van der Waals surface area contributed by atoms with Crippen molar-refractivity contribution in [1.29, 1.82) is 0 Å². The summed E-state index contributed by atoms with van der Waals surface area (Å²) in [5, 5.41) is 9.76. The molecule has 0 saturated carbocycles. The number of aliphatic hydroxyl groups is 1. The topological polar surface area (TPSA) is 90.4 Å². The van der Waals surface area contributed by atoms with Gasteiger partial charge in [0.15, 0.2) is 0 Å². The number of likely N-dealkylation sites (N-methyl/N-ethyl adjacent to an activating group) is 1. The average molecular weight is 490 g/mol. The Bertz CT molecular complexity index is 1090. The Labute approximate surface area is 202 Å². The van der Waals surface area contributed by atoms with Crippen LogP contribution in [0.1, 0.15) is 19.4 Å². The number of anilines is 1. The van der Waals surface area contributed by atoms with E-state index in [9.17, 15) is 18.3 Å². The summed E-state index contributed by atoms with van der Waals surface area (Å²) < 4.78 is 34.0. The number of rotatable bonds is 7. The molecule has 9 heteroatoms. The number of aliphatic hydroxyl groups excluding tert-OH is 1. The molecule has 1 N–H and O–H groups in total. The monoisotopic (exact) mass is 489 g/mol. The number of ether oxygens (including phenoxy) is 1. The maximum absolute atomic E-state index is 13.2. The van der Waals surface area contributed by atoms with Crippen molar-refractivity contribution in [2.75, 3.05) is 45.7 Å². The number of nitrogens with zero attached hydrogens (tertiary/aromatic N) is 3. The van der Waals surface area contributed by atoms with Gasteiger partial charge in [0.05, 0.1) is 30.5 Å². The summed E-state index contributed by atoms with van der Waals surface area (Å²) in [5.74, 6) is 0.283. The molecule has 0 aliphatic carbocycles. The van der Waals surface area contributed by atoms with E-state index in [-0.39, 0.29) is 42.3 Å². The Hall–Kier alpha value is -2.62. The lowest BCUT2D eigenvalue weighted by atomic mass is 10.0. The van der Waals surface area contributed by atoms with E-state index in [2.05, 4.69) is 0 Å². The summed E-state index contributed by atoms with van der Waals surface area (Å²) >= 11 is 0. The van der Waals surface area contributed by atoms with Gasteiger partial charge >= 0.3 is 0 Å². The molecular formula is C25H35N3O5S. The molecular weight excluding hydrogens is 454 g/mol. The molecule has 0 saturated heterocycles. The second kappa shape index (κ2) is 10.8. The summed E-state index contributed by atoms with van der Waals surface area (Å²) in [4.78, 5) is 17.1. The predicted octanol–water partition coefficient (Wildman–Crippen LogP) is 2.22. The maximum Gasteiger partial charge on any atom is 0.242 e. The van der Waals surface area contributed by atoms with E-state index >= 15 is 0 Å². The molecule has 1 aliphatic heterocycles. The Balaban J connectivity index is 1.98. The second-order valence-electron chi connectivity index (χ2n) is 9.17. The third-order valence-corrected chi connectivity index (χ3v) is 8.14. The Morgan fingerprint density at radius 3 is 2.44 bits per heavy atom. The lowest BCUT2D eigenvalue weighted by Crippen LogP contribution is -2.48. The van der Waals surface area contributed by atoms with Gasteiger partial charge in [-0.15, -0.1) is 0 Å². The highest BCUT2D eigenvalue weighted by molar-refractivity contribution is 7.89. The third-order valence-electron chi connectivity index (χ3n) is 6.30. The van der Waals surface area contributed by atoms with Crippen molar-refractivity contribution in [3.05, 3.63) is 54.1 Å². The van der Waals surface area contributed by atoms with Crippen LogP contribution < -0.4 is 9.64 Å². The molecule has 0 unspecified atom stereocenters. The van der Waals surface area contributed by atoms with E-state index < -0.39 is 16.1 Å². The van der Waals surface area contributed by atoms with Crippen LogP contribution in [-0.2, 0) is 21.2 Å². The fourth-order valence-electron chi connectivity index (χ4n) is 4.04. The van der Waals surface area contributed by atoms with Crippen molar-refractivity contribution in [2.24, 2.45) is 5.92 Å². The average Bonchev–Trinajstić information content (AvgIpc) is 2.86. The second-order valence-corrected chi connectivity index (χ2v) is 11.2. The summed E-state index contributed by atoms with van der Waals surface area (Å²) in [5.41, 5.74) is 1.67. The number of hydrogen-bond donors (Lipinski definition) is 1. The Kier molecular flexibility index (Phi) is 8.22. The zero-order valence-electron chi connectivity index (χ0n) is 20.5. The molecule has 0 bridgehead atoms. The standard InChI is InChI=1S/C25H35N3O5S/c1-18-15-28(19(2)17-29)25(30)14-20-13-21(26(3)4)11-12-23(20)33-24(18)16-27(5)34(31,32)22-9-7-6-8-10-22/h6-13,18-19,24,29H,14-17H2,1-5H3/t18-,19-,24+/m1/s1. The first kappa shape index (κ1) is 26.0. The molecule has 1 aliphatic rings. The first-order chi connectivity index (χ1) is 16.0. The van der Waals surface area contributed by atoms with Gasteiger partial charge in [0.25, 0.3) is 0 Å². The highest BCUT2D eigenvalue weighted by atomic mass is 32.2. The van der Waals surface area contributed by atoms with Crippen molar-refractivity contribution in [2.45, 2.75) is 37.3 Å². The molecule has 2 aromatic carbocycles. The van der Waals surface area contributed by atoms with Crippen LogP contribution in [0.15, 0.2) is 53.4 Å². The molecule has 3 atom stereocenters. The number of sulfonamides is 1. The molecule has 186 valence electrons. The van der Waals surface area contributed by atoms with Crippen LogP contribution >= 0.6 is 0 Å². The summed E-state index contributed by atoms with van der Waals surface area (Å²) in [6.07, 6.45) is -0.370. The van der Waals surface area contributed by atoms with E-state index in [0.29, 0.717) is 12.3 Å². The first-order valence-corrected chi connectivity index (χ1v) is 12.9. The third kappa shape index (κ3) is 5.71. The van der Waals surface area contributed by atoms with E-state index in [1.54, 1.807) is 42.3 Å². The van der Waals surface area contributed by atoms with Gasteiger partial charge < -0.3 is 19.6 Å². The van der Waals surface area contributed by atoms with Crippen LogP contribution in [0.5, 0.6) is 5.75 Å². The molecule has 1 heterocycles. The fraction of sp³-hybridized carbons (Fsp3) is 0.480. The maximum atomic E-state index is 13.2. The zero-order valence-corrected chi connectivity index (χ0v) is 21.3. The highest BCUT2D eigenvalue weighted by Gasteiger charge is 2.33. The Morgan fingerprint density at radius 2 is 1.82 bits per heavy atom. The van der Waals surface area contributed by atoms with Crippen LogP contribution in [0.2, 0.25) is 0 Å². The summed E-state index contributed by atoms with van der Waals surface area (Å²) in [7, 11) is 1.68. The van der Waals surface area contributed by atoms with Crippen LogP contribution in [0.25, 0.3) is 0 Å². The SMILES string of the molecule is C[C@@H]1CN([C@H](C)CO)C(=O)Cc2cc(N(C)C)ccc2O[C@H]1CN(C)S(=O)(=O)c1ccccc1. The van der Waals surface area contributed by atoms with Crippen LogP contribution in [-0.4, -0.2) is 81.6 Å². The normalized spacial score (nSPS) is 20.1. The molecule has 0 radical (unpaired) electrons. The predicted molar refractivity (Wildman–Crippen MR) is 133 cm³/mol. The molecule has 2 aromatic rings. The zero-order chi connectivity index (χ0) is 25.0. The molecule has 3 rings (SSSR count). The van der Waals surface area contributed by atoms with E-state index in [1.807, 2.05) is 51.0 Å². The van der Waals surface area contributed by atoms with Crippen molar-refractivity contribution >= 4 is 21.6 Å². The number of carbonyl (C=O) groups excluding carboxylic acids is 1. The van der Waals surface area contributed by atoms with Gasteiger partial charge in [-0.1, -0.05) is 25.1 Å². The quantitative estimate of drug-likeness (QED) is 0.642. The summed E-state index contributed by atoms with van der Waals surface area (Å²) in [6, 6.07) is 13.6. The van der Waals surface area contributed by atoms with Crippen molar-refractivity contribution in [3.63, 3.8) is 0 Å². The van der Waals surface area contributed by atoms with E-state index in [4.69, 9.17) is 4.74 Å². The number of benzene rings is 2. The van der Waals surface area contributed by atoms with Crippen molar-refractivity contribution < 1.29 is 23.1 Å². The molecule has 0 spiro atoms. The number of amides is 1. The van der Waals surface area contributed by atoms with Gasteiger partial charge in [-0.3, -0.25) is 4.79 Å². The van der Waals surface area contributed by atoms with E-state index in [1.165, 1.54) is 4.31 Å².